The lowest BCUT2D eigenvalue weighted by atomic mass is 10.0. The first-order chi connectivity index (χ1) is 12.3. The van der Waals surface area contributed by atoms with Gasteiger partial charge in [0.25, 0.3) is 0 Å². The highest BCUT2D eigenvalue weighted by Gasteiger charge is 2.04. The molecule has 0 aliphatic carbocycles. The van der Waals surface area contributed by atoms with Crippen LogP contribution >= 0.6 is 24.0 Å². The van der Waals surface area contributed by atoms with Crippen molar-refractivity contribution in [3.05, 3.63) is 60.2 Å². The Morgan fingerprint density at radius 2 is 1.92 bits per heavy atom. The highest BCUT2D eigenvalue weighted by atomic mass is 127. The fourth-order valence-electron chi connectivity index (χ4n) is 2.88. The van der Waals surface area contributed by atoms with Gasteiger partial charge in [-0.05, 0) is 16.3 Å². The van der Waals surface area contributed by atoms with Crippen molar-refractivity contribution in [2.75, 3.05) is 13.6 Å². The van der Waals surface area contributed by atoms with Gasteiger partial charge in [-0.3, -0.25) is 4.99 Å². The number of aromatic nitrogens is 3. The third-order valence-electron chi connectivity index (χ3n) is 4.21. The lowest BCUT2D eigenvalue weighted by Crippen LogP contribution is -2.38. The molecule has 7 heteroatoms. The average molecular weight is 464 g/mol. The molecule has 0 amide bonds. The zero-order valence-electron chi connectivity index (χ0n) is 15.1. The molecule has 6 nitrogen and oxygen atoms in total. The van der Waals surface area contributed by atoms with Gasteiger partial charge >= 0.3 is 0 Å². The number of guanidine groups is 1. The molecule has 0 atom stereocenters. The lowest BCUT2D eigenvalue weighted by Gasteiger charge is -2.14. The third-order valence-corrected chi connectivity index (χ3v) is 4.21. The van der Waals surface area contributed by atoms with Crippen molar-refractivity contribution < 1.29 is 0 Å². The molecule has 0 spiro atoms. The third kappa shape index (κ3) is 4.94. The maximum Gasteiger partial charge on any atom is 0.191 e. The van der Waals surface area contributed by atoms with Crippen LogP contribution in [0.2, 0.25) is 0 Å². The normalized spacial score (nSPS) is 11.2. The highest BCUT2D eigenvalue weighted by Crippen LogP contribution is 2.18. The number of aryl methyl sites for hydroxylation is 1. The zero-order chi connectivity index (χ0) is 17.5. The van der Waals surface area contributed by atoms with Gasteiger partial charge in [0.15, 0.2) is 5.96 Å². The molecule has 0 saturated heterocycles. The number of nitrogens with zero attached hydrogens (tertiary/aromatic N) is 4. The van der Waals surface area contributed by atoms with Crippen LogP contribution in [0.4, 0.5) is 0 Å². The molecule has 0 aliphatic heterocycles. The molecule has 0 saturated carbocycles. The Morgan fingerprint density at radius 3 is 2.73 bits per heavy atom. The van der Waals surface area contributed by atoms with Crippen LogP contribution in [0.15, 0.2) is 53.8 Å². The summed E-state index contributed by atoms with van der Waals surface area (Å²) in [5.74, 6) is 1.79. The number of hydrogen-bond donors (Lipinski definition) is 2. The second-order valence-electron chi connectivity index (χ2n) is 5.78. The van der Waals surface area contributed by atoms with Gasteiger partial charge in [0.2, 0.25) is 0 Å². The van der Waals surface area contributed by atoms with Crippen LogP contribution in [0, 0.1) is 0 Å². The molecule has 0 fully saturated rings. The van der Waals surface area contributed by atoms with E-state index in [1.165, 1.54) is 16.3 Å². The van der Waals surface area contributed by atoms with Crippen molar-refractivity contribution in [1.82, 2.24) is 25.4 Å². The maximum atomic E-state index is 4.30. The number of halogens is 1. The molecule has 0 aliphatic rings. The van der Waals surface area contributed by atoms with Gasteiger partial charge in [0, 0.05) is 33.1 Å². The van der Waals surface area contributed by atoms with Crippen LogP contribution in [-0.2, 0) is 19.5 Å². The largest absolute Gasteiger partial charge is 0.355 e. The Hall–Kier alpha value is -2.16. The summed E-state index contributed by atoms with van der Waals surface area (Å²) in [5.41, 5.74) is 1.26. The minimum Gasteiger partial charge on any atom is -0.355 e. The van der Waals surface area contributed by atoms with Crippen LogP contribution in [0.25, 0.3) is 10.8 Å². The van der Waals surface area contributed by atoms with Crippen molar-refractivity contribution in [2.45, 2.75) is 26.4 Å². The van der Waals surface area contributed by atoms with Crippen LogP contribution in [-0.4, -0.2) is 34.3 Å². The van der Waals surface area contributed by atoms with Crippen molar-refractivity contribution in [3.63, 3.8) is 0 Å². The summed E-state index contributed by atoms with van der Waals surface area (Å²) in [5, 5.41) is 17.3. The number of fused-ring (bicyclic) bond motifs is 1. The monoisotopic (exact) mass is 464 g/mol. The second-order valence-corrected chi connectivity index (χ2v) is 5.78. The highest BCUT2D eigenvalue weighted by molar-refractivity contribution is 14.0. The zero-order valence-corrected chi connectivity index (χ0v) is 17.5. The Kier molecular flexibility index (Phi) is 7.83. The molecule has 0 radical (unpaired) electrons. The Balaban J connectivity index is 0.00000243. The molecular weight excluding hydrogens is 439 g/mol. The van der Waals surface area contributed by atoms with Crippen molar-refractivity contribution in [3.8, 4) is 0 Å². The molecule has 0 bridgehead atoms. The fraction of sp³-hybridized carbons (Fsp3) is 0.316. The Morgan fingerprint density at radius 1 is 1.12 bits per heavy atom. The first kappa shape index (κ1) is 20.2. The van der Waals surface area contributed by atoms with Gasteiger partial charge in [0.1, 0.15) is 12.2 Å². The number of hydrogen-bond acceptors (Lipinski definition) is 3. The molecule has 26 heavy (non-hydrogen) atoms. The summed E-state index contributed by atoms with van der Waals surface area (Å²) in [7, 11) is 1.79. The minimum atomic E-state index is 0. The minimum absolute atomic E-state index is 0. The van der Waals surface area contributed by atoms with Crippen molar-refractivity contribution in [2.24, 2.45) is 4.99 Å². The number of rotatable bonds is 6. The molecular formula is C19H25IN6. The topological polar surface area (TPSA) is 67.1 Å². The molecule has 2 N–H and O–H groups in total. The summed E-state index contributed by atoms with van der Waals surface area (Å²) in [6, 6.07) is 14.8. The maximum absolute atomic E-state index is 4.30. The van der Waals surface area contributed by atoms with E-state index in [9.17, 15) is 0 Å². The van der Waals surface area contributed by atoms with E-state index >= 15 is 0 Å². The van der Waals surface area contributed by atoms with Gasteiger partial charge in [-0.15, -0.1) is 34.2 Å². The second kappa shape index (κ2) is 10.1. The van der Waals surface area contributed by atoms with Crippen LogP contribution < -0.4 is 10.6 Å². The Labute approximate surface area is 171 Å². The molecule has 3 aromatic rings. The van der Waals surface area contributed by atoms with E-state index in [1.54, 1.807) is 13.4 Å². The van der Waals surface area contributed by atoms with Crippen LogP contribution in [0.1, 0.15) is 18.3 Å². The van der Waals surface area contributed by atoms with E-state index in [4.69, 9.17) is 0 Å². The van der Waals surface area contributed by atoms with Crippen molar-refractivity contribution in [1.29, 1.82) is 0 Å². The smallest absolute Gasteiger partial charge is 0.191 e. The molecule has 1 aromatic heterocycles. The standard InChI is InChI=1S/C19H24N6.HI/c1-3-18-24-23-14-25(18)12-11-21-19(20-2)22-13-16-9-6-8-15-7-4-5-10-17(15)16;/h4-10,14H,3,11-13H2,1-2H3,(H2,20,21,22);1H. The molecule has 3 rings (SSSR count). The number of aliphatic imine (C=N–C) groups is 1. The van der Waals surface area contributed by atoms with Crippen LogP contribution in [0.5, 0.6) is 0 Å². The molecule has 0 unspecified atom stereocenters. The van der Waals surface area contributed by atoms with E-state index in [1.807, 2.05) is 0 Å². The predicted molar refractivity (Wildman–Crippen MR) is 117 cm³/mol. The van der Waals surface area contributed by atoms with Crippen LogP contribution in [0.3, 0.4) is 0 Å². The predicted octanol–water partition coefficient (Wildman–Crippen LogP) is 2.98. The first-order valence-electron chi connectivity index (χ1n) is 8.59. The summed E-state index contributed by atoms with van der Waals surface area (Å²) in [6.07, 6.45) is 2.65. The fourth-order valence-corrected chi connectivity index (χ4v) is 2.88. The van der Waals surface area contributed by atoms with Gasteiger partial charge in [0.05, 0.1) is 0 Å². The SMILES string of the molecule is CCc1nncn1CCNC(=NC)NCc1cccc2ccccc12.I. The average Bonchev–Trinajstić information content (AvgIpc) is 3.12. The number of nitrogens with one attached hydrogen (secondary N) is 2. The summed E-state index contributed by atoms with van der Waals surface area (Å²) >= 11 is 0. The van der Waals surface area contributed by atoms with E-state index in [-0.39, 0.29) is 24.0 Å². The summed E-state index contributed by atoms with van der Waals surface area (Å²) in [4.78, 5) is 4.30. The number of benzene rings is 2. The van der Waals surface area contributed by atoms with Gasteiger partial charge < -0.3 is 15.2 Å². The van der Waals surface area contributed by atoms with Gasteiger partial charge in [-0.25, -0.2) is 0 Å². The quantitative estimate of drug-likeness (QED) is 0.335. The van der Waals surface area contributed by atoms with E-state index in [0.29, 0.717) is 0 Å². The van der Waals surface area contributed by atoms with E-state index < -0.39 is 0 Å². The molecule has 138 valence electrons. The van der Waals surface area contributed by atoms with E-state index in [0.717, 1.165) is 37.8 Å². The first-order valence-corrected chi connectivity index (χ1v) is 8.59. The summed E-state index contributed by atoms with van der Waals surface area (Å²) in [6.45, 7) is 4.39. The van der Waals surface area contributed by atoms with Gasteiger partial charge in [-0.1, -0.05) is 49.4 Å². The van der Waals surface area contributed by atoms with Gasteiger partial charge in [-0.2, -0.15) is 0 Å². The molecule has 2 aromatic carbocycles. The van der Waals surface area contributed by atoms with Crippen molar-refractivity contribution >= 4 is 40.7 Å². The summed E-state index contributed by atoms with van der Waals surface area (Å²) < 4.78 is 2.06. The Bertz CT molecular complexity index is 853. The molecule has 1 heterocycles. The van der Waals surface area contributed by atoms with E-state index in [2.05, 4.69) is 79.8 Å². The lowest BCUT2D eigenvalue weighted by molar-refractivity contribution is 0.632.